The maximum absolute atomic E-state index is 12.1. The first-order valence-electron chi connectivity index (χ1n) is 9.58. The number of aryl methyl sites for hydroxylation is 1. The molecule has 5 nitrogen and oxygen atoms in total. The Morgan fingerprint density at radius 2 is 1.85 bits per heavy atom. The fraction of sp³-hybridized carbons (Fsp3) is 0.409. The summed E-state index contributed by atoms with van der Waals surface area (Å²) in [5.74, 6) is 1.02. The van der Waals surface area contributed by atoms with Gasteiger partial charge in [-0.25, -0.2) is 0 Å². The molecule has 0 atom stereocenters. The maximum Gasteiger partial charge on any atom is 0.224 e. The maximum atomic E-state index is 12.1. The van der Waals surface area contributed by atoms with Crippen LogP contribution in [-0.4, -0.2) is 57.2 Å². The van der Waals surface area contributed by atoms with Crippen LogP contribution in [0.3, 0.4) is 0 Å². The second-order valence-electron chi connectivity index (χ2n) is 7.02. The van der Waals surface area contributed by atoms with E-state index in [2.05, 4.69) is 27.2 Å². The molecule has 2 aromatic carbocycles. The van der Waals surface area contributed by atoms with Gasteiger partial charge in [-0.05, 0) is 24.6 Å². The molecule has 0 unspecified atom stereocenters. The molecule has 0 spiro atoms. The van der Waals surface area contributed by atoms with Gasteiger partial charge < -0.3 is 15.0 Å². The SMILES string of the molecule is COc1ccccc1N1CCN(CCNC(=O)Cc2cccc(C)c2)CC1. The first-order valence-corrected chi connectivity index (χ1v) is 9.58. The van der Waals surface area contributed by atoms with Crippen LogP contribution in [-0.2, 0) is 11.2 Å². The minimum Gasteiger partial charge on any atom is -0.495 e. The summed E-state index contributed by atoms with van der Waals surface area (Å²) in [6.45, 7) is 7.55. The van der Waals surface area contributed by atoms with Gasteiger partial charge in [0.1, 0.15) is 5.75 Å². The average Bonchev–Trinajstić information content (AvgIpc) is 2.68. The van der Waals surface area contributed by atoms with Crippen molar-refractivity contribution in [1.29, 1.82) is 0 Å². The lowest BCUT2D eigenvalue weighted by Gasteiger charge is -2.36. The molecule has 5 heteroatoms. The van der Waals surface area contributed by atoms with E-state index in [0.717, 1.165) is 49.7 Å². The van der Waals surface area contributed by atoms with Crippen LogP contribution in [0.25, 0.3) is 0 Å². The van der Waals surface area contributed by atoms with Crippen molar-refractivity contribution >= 4 is 11.6 Å². The number of amides is 1. The van der Waals surface area contributed by atoms with Crippen LogP contribution in [0.15, 0.2) is 48.5 Å². The van der Waals surface area contributed by atoms with E-state index in [1.165, 1.54) is 5.56 Å². The highest BCUT2D eigenvalue weighted by Gasteiger charge is 2.19. The summed E-state index contributed by atoms with van der Waals surface area (Å²) >= 11 is 0. The Hall–Kier alpha value is -2.53. The number of nitrogens with zero attached hydrogens (tertiary/aromatic N) is 2. The number of ether oxygens (including phenoxy) is 1. The molecule has 2 aromatic rings. The Morgan fingerprint density at radius 1 is 1.07 bits per heavy atom. The highest BCUT2D eigenvalue weighted by molar-refractivity contribution is 5.78. The lowest BCUT2D eigenvalue weighted by molar-refractivity contribution is -0.120. The van der Waals surface area contributed by atoms with Crippen molar-refractivity contribution in [2.75, 3.05) is 51.3 Å². The van der Waals surface area contributed by atoms with Crippen molar-refractivity contribution in [2.24, 2.45) is 0 Å². The largest absolute Gasteiger partial charge is 0.495 e. The van der Waals surface area contributed by atoms with Crippen molar-refractivity contribution in [2.45, 2.75) is 13.3 Å². The fourth-order valence-corrected chi connectivity index (χ4v) is 3.53. The van der Waals surface area contributed by atoms with E-state index < -0.39 is 0 Å². The van der Waals surface area contributed by atoms with E-state index in [4.69, 9.17) is 4.74 Å². The minimum atomic E-state index is 0.0910. The first-order chi connectivity index (χ1) is 13.2. The Bertz CT molecular complexity index is 755. The molecule has 1 heterocycles. The summed E-state index contributed by atoms with van der Waals surface area (Å²) in [6, 6.07) is 16.3. The molecule has 1 amide bonds. The molecule has 3 rings (SSSR count). The van der Waals surface area contributed by atoms with Gasteiger partial charge in [0, 0.05) is 39.3 Å². The molecular formula is C22H29N3O2. The molecule has 1 aliphatic rings. The number of rotatable bonds is 7. The van der Waals surface area contributed by atoms with Gasteiger partial charge in [0.2, 0.25) is 5.91 Å². The third-order valence-electron chi connectivity index (χ3n) is 5.00. The number of carbonyl (C=O) groups excluding carboxylic acids is 1. The van der Waals surface area contributed by atoms with Crippen molar-refractivity contribution in [3.8, 4) is 5.75 Å². The van der Waals surface area contributed by atoms with Gasteiger partial charge in [-0.2, -0.15) is 0 Å². The standard InChI is InChI=1S/C22H29N3O2/c1-18-6-5-7-19(16-18)17-22(26)23-10-11-24-12-14-25(15-13-24)20-8-3-4-9-21(20)27-2/h3-9,16H,10-15,17H2,1-2H3,(H,23,26). The molecule has 1 aliphatic heterocycles. The van der Waals surface area contributed by atoms with Crippen molar-refractivity contribution < 1.29 is 9.53 Å². The van der Waals surface area contributed by atoms with Crippen LogP contribution in [0.2, 0.25) is 0 Å². The number of carbonyl (C=O) groups is 1. The van der Waals surface area contributed by atoms with E-state index in [1.807, 2.05) is 43.3 Å². The summed E-state index contributed by atoms with van der Waals surface area (Å²) in [6.07, 6.45) is 0.448. The fourth-order valence-electron chi connectivity index (χ4n) is 3.53. The summed E-state index contributed by atoms with van der Waals surface area (Å²) in [4.78, 5) is 16.9. The second kappa shape index (κ2) is 9.42. The second-order valence-corrected chi connectivity index (χ2v) is 7.02. The Morgan fingerprint density at radius 3 is 2.59 bits per heavy atom. The number of hydrogen-bond acceptors (Lipinski definition) is 4. The molecule has 0 saturated carbocycles. The van der Waals surface area contributed by atoms with Crippen molar-refractivity contribution in [3.05, 3.63) is 59.7 Å². The number of piperazine rings is 1. The molecule has 27 heavy (non-hydrogen) atoms. The molecule has 1 saturated heterocycles. The number of benzene rings is 2. The van der Waals surface area contributed by atoms with E-state index in [9.17, 15) is 4.79 Å². The van der Waals surface area contributed by atoms with Crippen LogP contribution < -0.4 is 15.0 Å². The van der Waals surface area contributed by atoms with Crippen LogP contribution in [0.4, 0.5) is 5.69 Å². The Kier molecular flexibility index (Phi) is 6.71. The third kappa shape index (κ3) is 5.47. The minimum absolute atomic E-state index is 0.0910. The lowest BCUT2D eigenvalue weighted by atomic mass is 10.1. The molecule has 144 valence electrons. The molecule has 0 aromatic heterocycles. The summed E-state index contributed by atoms with van der Waals surface area (Å²) in [5.41, 5.74) is 3.41. The van der Waals surface area contributed by atoms with Gasteiger partial charge in [-0.1, -0.05) is 42.0 Å². The molecule has 1 fully saturated rings. The van der Waals surface area contributed by atoms with Gasteiger partial charge in [0.15, 0.2) is 0 Å². The quantitative estimate of drug-likeness (QED) is 0.817. The summed E-state index contributed by atoms with van der Waals surface area (Å²) < 4.78 is 5.47. The zero-order chi connectivity index (χ0) is 19.1. The molecule has 0 bridgehead atoms. The summed E-state index contributed by atoms with van der Waals surface area (Å²) in [5, 5.41) is 3.04. The highest BCUT2D eigenvalue weighted by Crippen LogP contribution is 2.28. The van der Waals surface area contributed by atoms with Gasteiger partial charge >= 0.3 is 0 Å². The Balaban J connectivity index is 1.39. The molecule has 0 aliphatic carbocycles. The predicted molar refractivity (Wildman–Crippen MR) is 110 cm³/mol. The normalized spacial score (nSPS) is 14.8. The van der Waals surface area contributed by atoms with Crippen molar-refractivity contribution in [3.63, 3.8) is 0 Å². The van der Waals surface area contributed by atoms with E-state index >= 15 is 0 Å². The number of hydrogen-bond donors (Lipinski definition) is 1. The predicted octanol–water partition coefficient (Wildman–Crippen LogP) is 2.48. The van der Waals surface area contributed by atoms with E-state index in [-0.39, 0.29) is 5.91 Å². The van der Waals surface area contributed by atoms with E-state index in [0.29, 0.717) is 13.0 Å². The Labute approximate surface area is 161 Å². The number of para-hydroxylation sites is 2. The topological polar surface area (TPSA) is 44.8 Å². The average molecular weight is 367 g/mol. The zero-order valence-corrected chi connectivity index (χ0v) is 16.3. The number of anilines is 1. The van der Waals surface area contributed by atoms with Crippen molar-refractivity contribution in [1.82, 2.24) is 10.2 Å². The zero-order valence-electron chi connectivity index (χ0n) is 16.3. The summed E-state index contributed by atoms with van der Waals surface area (Å²) in [7, 11) is 1.72. The van der Waals surface area contributed by atoms with E-state index in [1.54, 1.807) is 7.11 Å². The smallest absolute Gasteiger partial charge is 0.224 e. The molecule has 0 radical (unpaired) electrons. The monoisotopic (exact) mass is 367 g/mol. The van der Waals surface area contributed by atoms with Gasteiger partial charge in [0.05, 0.1) is 19.2 Å². The number of nitrogens with one attached hydrogen (secondary N) is 1. The van der Waals surface area contributed by atoms with Gasteiger partial charge in [-0.3, -0.25) is 9.69 Å². The number of methoxy groups -OCH3 is 1. The van der Waals surface area contributed by atoms with Crippen LogP contribution >= 0.6 is 0 Å². The van der Waals surface area contributed by atoms with Gasteiger partial charge in [0.25, 0.3) is 0 Å². The van der Waals surface area contributed by atoms with Crippen LogP contribution in [0, 0.1) is 6.92 Å². The molecular weight excluding hydrogens is 338 g/mol. The lowest BCUT2D eigenvalue weighted by Crippen LogP contribution is -2.48. The van der Waals surface area contributed by atoms with Gasteiger partial charge in [-0.15, -0.1) is 0 Å². The molecule has 1 N–H and O–H groups in total. The third-order valence-corrected chi connectivity index (χ3v) is 5.00. The highest BCUT2D eigenvalue weighted by atomic mass is 16.5. The van der Waals surface area contributed by atoms with Crippen LogP contribution in [0.5, 0.6) is 5.75 Å². The first kappa shape index (κ1) is 19.2. The van der Waals surface area contributed by atoms with Crippen LogP contribution in [0.1, 0.15) is 11.1 Å².